The highest BCUT2D eigenvalue weighted by Gasteiger charge is 2.32. The number of hydrogen-bond acceptors (Lipinski definition) is 4. The Hall–Kier alpha value is -1.39. The zero-order chi connectivity index (χ0) is 14.8. The van der Waals surface area contributed by atoms with E-state index in [1.54, 1.807) is 6.20 Å². The maximum absolute atomic E-state index is 12.6. The van der Waals surface area contributed by atoms with E-state index in [0.29, 0.717) is 12.4 Å². The van der Waals surface area contributed by atoms with Crippen molar-refractivity contribution in [3.05, 3.63) is 12.0 Å². The first kappa shape index (κ1) is 15.0. The molecule has 0 amide bonds. The van der Waals surface area contributed by atoms with Crippen LogP contribution in [0.2, 0.25) is 0 Å². The molecule has 1 aliphatic rings. The van der Waals surface area contributed by atoms with Crippen LogP contribution in [-0.2, 0) is 16.6 Å². The minimum Gasteiger partial charge on any atom is -0.334 e. The predicted octanol–water partition coefficient (Wildman–Crippen LogP) is 1.53. The predicted molar refractivity (Wildman–Crippen MR) is 74.4 cm³/mol. The van der Waals surface area contributed by atoms with E-state index in [0.717, 1.165) is 25.8 Å². The van der Waals surface area contributed by atoms with Gasteiger partial charge >= 0.3 is 0 Å². The standard InChI is InChI=1S/C13H20N4O2S/c1-3-6-16-10-13(15-11(16)2)20(18,19)17-7-4-5-12(8-14)9-17/h10,12H,3-7,9H2,1-2H3. The number of hydrogen-bond donors (Lipinski definition) is 0. The molecule has 1 atom stereocenters. The third kappa shape index (κ3) is 2.86. The first-order chi connectivity index (χ1) is 9.48. The van der Waals surface area contributed by atoms with Crippen LogP contribution in [0.1, 0.15) is 32.0 Å². The van der Waals surface area contributed by atoms with Gasteiger partial charge in [-0.15, -0.1) is 0 Å². The normalized spacial score (nSPS) is 20.8. The minimum absolute atomic E-state index is 0.0991. The lowest BCUT2D eigenvalue weighted by molar-refractivity contribution is 0.304. The summed E-state index contributed by atoms with van der Waals surface area (Å²) in [7, 11) is -3.57. The van der Waals surface area contributed by atoms with Crippen molar-refractivity contribution < 1.29 is 8.42 Å². The molecule has 1 unspecified atom stereocenters. The van der Waals surface area contributed by atoms with Crippen molar-refractivity contribution in [2.45, 2.75) is 44.7 Å². The molecule has 1 aromatic heterocycles. The molecule has 0 spiro atoms. The Morgan fingerprint density at radius 1 is 1.55 bits per heavy atom. The van der Waals surface area contributed by atoms with Gasteiger partial charge in [-0.1, -0.05) is 6.92 Å². The molecule has 0 radical (unpaired) electrons. The van der Waals surface area contributed by atoms with E-state index < -0.39 is 10.0 Å². The molecule has 110 valence electrons. The minimum atomic E-state index is -3.57. The van der Waals surface area contributed by atoms with Crippen molar-refractivity contribution in [1.82, 2.24) is 13.9 Å². The average Bonchev–Trinajstić information content (AvgIpc) is 2.81. The highest BCUT2D eigenvalue weighted by molar-refractivity contribution is 7.89. The molecule has 0 aliphatic carbocycles. The summed E-state index contributed by atoms with van der Waals surface area (Å²) in [4.78, 5) is 4.18. The van der Waals surface area contributed by atoms with Crippen molar-refractivity contribution in [2.75, 3.05) is 13.1 Å². The Morgan fingerprint density at radius 2 is 2.30 bits per heavy atom. The summed E-state index contributed by atoms with van der Waals surface area (Å²) in [5.74, 6) is 0.497. The van der Waals surface area contributed by atoms with Crippen molar-refractivity contribution in [3.63, 3.8) is 0 Å². The quantitative estimate of drug-likeness (QED) is 0.844. The topological polar surface area (TPSA) is 79.0 Å². The van der Waals surface area contributed by atoms with Crippen LogP contribution in [0.3, 0.4) is 0 Å². The lowest BCUT2D eigenvalue weighted by Crippen LogP contribution is -2.39. The van der Waals surface area contributed by atoms with Crippen LogP contribution < -0.4 is 0 Å². The fourth-order valence-corrected chi connectivity index (χ4v) is 3.99. The van der Waals surface area contributed by atoms with Gasteiger partial charge in [0.2, 0.25) is 0 Å². The second kappa shape index (κ2) is 5.94. The van der Waals surface area contributed by atoms with Gasteiger partial charge in [0.1, 0.15) is 5.82 Å². The number of aromatic nitrogens is 2. The molecule has 20 heavy (non-hydrogen) atoms. The highest BCUT2D eigenvalue weighted by Crippen LogP contribution is 2.23. The lowest BCUT2D eigenvalue weighted by atomic mass is 10.0. The van der Waals surface area contributed by atoms with Crippen molar-refractivity contribution in [1.29, 1.82) is 5.26 Å². The van der Waals surface area contributed by atoms with Crippen LogP contribution in [0.25, 0.3) is 0 Å². The van der Waals surface area contributed by atoms with E-state index in [2.05, 4.69) is 11.1 Å². The zero-order valence-corrected chi connectivity index (χ0v) is 12.7. The number of aryl methyl sites for hydroxylation is 2. The van der Waals surface area contributed by atoms with E-state index in [4.69, 9.17) is 5.26 Å². The molecule has 0 N–H and O–H groups in total. The van der Waals surface area contributed by atoms with Crippen LogP contribution in [0.15, 0.2) is 11.2 Å². The molecule has 6 nitrogen and oxygen atoms in total. The van der Waals surface area contributed by atoms with Crippen LogP contribution >= 0.6 is 0 Å². The molecule has 2 rings (SSSR count). The lowest BCUT2D eigenvalue weighted by Gasteiger charge is -2.27. The Balaban J connectivity index is 2.26. The number of nitrogens with zero attached hydrogens (tertiary/aromatic N) is 4. The van der Waals surface area contributed by atoms with Crippen LogP contribution in [0, 0.1) is 24.2 Å². The Bertz CT molecular complexity index is 615. The summed E-state index contributed by atoms with van der Waals surface area (Å²) in [6, 6.07) is 2.16. The third-order valence-corrected chi connectivity index (χ3v) is 5.33. The second-order valence-electron chi connectivity index (χ2n) is 5.15. The van der Waals surface area contributed by atoms with Gasteiger partial charge in [0, 0.05) is 25.8 Å². The third-order valence-electron chi connectivity index (χ3n) is 3.59. The van der Waals surface area contributed by atoms with Crippen molar-refractivity contribution in [3.8, 4) is 6.07 Å². The first-order valence-corrected chi connectivity index (χ1v) is 8.36. The SMILES string of the molecule is CCCn1cc(S(=O)(=O)N2CCCC(C#N)C2)nc1C. The number of nitriles is 1. The molecule has 0 bridgehead atoms. The summed E-state index contributed by atoms with van der Waals surface area (Å²) in [6.45, 7) is 5.35. The molecule has 0 aromatic carbocycles. The van der Waals surface area contributed by atoms with Gasteiger partial charge in [-0.2, -0.15) is 9.57 Å². The van der Waals surface area contributed by atoms with Crippen molar-refractivity contribution in [2.24, 2.45) is 5.92 Å². The average molecular weight is 296 g/mol. The second-order valence-corrected chi connectivity index (χ2v) is 7.04. The Labute approximate surface area is 120 Å². The number of imidazole rings is 1. The molecule has 7 heteroatoms. The largest absolute Gasteiger partial charge is 0.334 e. The van der Waals surface area contributed by atoms with Gasteiger partial charge in [0.25, 0.3) is 10.0 Å². The monoisotopic (exact) mass is 296 g/mol. The van der Waals surface area contributed by atoms with Gasteiger partial charge in [0.05, 0.1) is 12.0 Å². The van der Waals surface area contributed by atoms with Crippen LogP contribution in [0.4, 0.5) is 0 Å². The van der Waals surface area contributed by atoms with E-state index >= 15 is 0 Å². The fourth-order valence-electron chi connectivity index (χ4n) is 2.47. The maximum Gasteiger partial charge on any atom is 0.262 e. The van der Waals surface area contributed by atoms with Gasteiger partial charge in [0.15, 0.2) is 5.03 Å². The van der Waals surface area contributed by atoms with Crippen molar-refractivity contribution >= 4 is 10.0 Å². The molecule has 1 aliphatic heterocycles. The Kier molecular flexibility index (Phi) is 4.45. The number of sulfonamides is 1. The molecule has 2 heterocycles. The maximum atomic E-state index is 12.6. The van der Waals surface area contributed by atoms with Crippen LogP contribution in [0.5, 0.6) is 0 Å². The summed E-state index contributed by atoms with van der Waals surface area (Å²) >= 11 is 0. The van der Waals surface area contributed by atoms with E-state index in [1.165, 1.54) is 4.31 Å². The highest BCUT2D eigenvalue weighted by atomic mass is 32.2. The fraction of sp³-hybridized carbons (Fsp3) is 0.692. The van der Waals surface area contributed by atoms with Crippen LogP contribution in [-0.4, -0.2) is 35.4 Å². The van der Waals surface area contributed by atoms with E-state index in [1.807, 2.05) is 18.4 Å². The zero-order valence-electron chi connectivity index (χ0n) is 11.9. The van der Waals surface area contributed by atoms with Gasteiger partial charge in [-0.05, 0) is 26.2 Å². The molecule has 0 saturated carbocycles. The molecular weight excluding hydrogens is 276 g/mol. The summed E-state index contributed by atoms with van der Waals surface area (Å²) in [5, 5.41) is 9.07. The van der Waals surface area contributed by atoms with Gasteiger partial charge in [-0.3, -0.25) is 0 Å². The van der Waals surface area contributed by atoms with Gasteiger partial charge in [-0.25, -0.2) is 13.4 Å². The summed E-state index contributed by atoms with van der Waals surface area (Å²) < 4.78 is 28.4. The summed E-state index contributed by atoms with van der Waals surface area (Å²) in [6.07, 6.45) is 4.03. The molecule has 1 saturated heterocycles. The molecule has 1 fully saturated rings. The molecular formula is C13H20N4O2S. The number of piperidine rings is 1. The smallest absolute Gasteiger partial charge is 0.262 e. The van der Waals surface area contributed by atoms with Gasteiger partial charge < -0.3 is 4.57 Å². The van der Waals surface area contributed by atoms with E-state index in [-0.39, 0.29) is 17.5 Å². The number of rotatable bonds is 4. The summed E-state index contributed by atoms with van der Waals surface area (Å²) in [5.41, 5.74) is 0. The van der Waals surface area contributed by atoms with E-state index in [9.17, 15) is 8.42 Å². The molecule has 1 aromatic rings. The Morgan fingerprint density at radius 3 is 2.95 bits per heavy atom. The first-order valence-electron chi connectivity index (χ1n) is 6.92.